The van der Waals surface area contributed by atoms with Gasteiger partial charge in [-0.25, -0.2) is 0 Å². The third-order valence-electron chi connectivity index (χ3n) is 4.09. The van der Waals surface area contributed by atoms with Crippen LogP contribution >= 0.6 is 0 Å². The summed E-state index contributed by atoms with van der Waals surface area (Å²) in [7, 11) is 0. The summed E-state index contributed by atoms with van der Waals surface area (Å²) >= 11 is 0. The Morgan fingerprint density at radius 3 is 1.54 bits per heavy atom. The molecule has 0 aliphatic carbocycles. The van der Waals surface area contributed by atoms with Gasteiger partial charge in [-0.1, -0.05) is 91.0 Å². The van der Waals surface area contributed by atoms with Crippen LogP contribution in [0.25, 0.3) is 0 Å². The number of nitrogens with two attached hydrogens (primary N) is 1. The van der Waals surface area contributed by atoms with E-state index in [0.29, 0.717) is 0 Å². The number of benzene rings is 3. The molecule has 0 amide bonds. The second-order valence-corrected chi connectivity index (χ2v) is 6.03. The summed E-state index contributed by atoms with van der Waals surface area (Å²) in [6.45, 7) is 1.84. The van der Waals surface area contributed by atoms with Gasteiger partial charge in [-0.15, -0.1) is 0 Å². The lowest BCUT2D eigenvalue weighted by molar-refractivity contribution is 0.187. The zero-order valence-electron chi connectivity index (χ0n) is 13.9. The lowest BCUT2D eigenvalue weighted by atomic mass is 9.55. The van der Waals surface area contributed by atoms with Crippen LogP contribution in [0.2, 0.25) is 0 Å². The highest BCUT2D eigenvalue weighted by atomic mass is 16.4. The van der Waals surface area contributed by atoms with Gasteiger partial charge >= 0.3 is 6.92 Å². The van der Waals surface area contributed by atoms with Crippen molar-refractivity contribution in [2.75, 3.05) is 0 Å². The molecule has 2 nitrogen and oxygen atoms in total. The van der Waals surface area contributed by atoms with Crippen molar-refractivity contribution in [3.05, 3.63) is 96.6 Å². The molecule has 120 valence electrons. The Morgan fingerprint density at radius 2 is 1.12 bits per heavy atom. The van der Waals surface area contributed by atoms with Crippen LogP contribution in [0, 0.1) is 0 Å². The van der Waals surface area contributed by atoms with E-state index in [1.807, 2.05) is 61.5 Å². The van der Waals surface area contributed by atoms with Crippen molar-refractivity contribution in [1.29, 1.82) is 0 Å². The van der Waals surface area contributed by atoms with Crippen molar-refractivity contribution in [1.82, 2.24) is 0 Å². The molecule has 3 aromatic rings. The third-order valence-corrected chi connectivity index (χ3v) is 4.09. The second kappa shape index (κ2) is 7.96. The summed E-state index contributed by atoms with van der Waals surface area (Å²) < 4.78 is 6.55. The Balaban J connectivity index is 1.96. The van der Waals surface area contributed by atoms with Crippen LogP contribution in [-0.2, 0) is 4.65 Å². The van der Waals surface area contributed by atoms with Gasteiger partial charge < -0.3 is 10.4 Å². The fraction of sp³-hybridized carbons (Fsp3) is 0.143. The van der Waals surface area contributed by atoms with E-state index in [-0.39, 0.29) is 19.1 Å². The first-order valence-corrected chi connectivity index (χ1v) is 8.31. The predicted octanol–water partition coefficient (Wildman–Crippen LogP) is 2.90. The molecule has 3 aromatic carbocycles. The molecule has 3 rings (SSSR count). The quantitative estimate of drug-likeness (QED) is 0.710. The minimum absolute atomic E-state index is 0.109. The van der Waals surface area contributed by atoms with E-state index in [4.69, 9.17) is 10.4 Å². The largest absolute Gasteiger partial charge is 0.418 e. The number of hydrogen-bond donors (Lipinski definition) is 1. The van der Waals surface area contributed by atoms with Crippen LogP contribution in [0.3, 0.4) is 0 Å². The van der Waals surface area contributed by atoms with Gasteiger partial charge in [-0.3, -0.25) is 0 Å². The fourth-order valence-electron chi connectivity index (χ4n) is 2.90. The third kappa shape index (κ3) is 3.94. The highest BCUT2D eigenvalue weighted by Gasteiger charge is 2.27. The smallest absolute Gasteiger partial charge is 0.362 e. The van der Waals surface area contributed by atoms with Gasteiger partial charge in [0.2, 0.25) is 0 Å². The van der Waals surface area contributed by atoms with E-state index in [9.17, 15) is 0 Å². The first kappa shape index (κ1) is 16.5. The van der Waals surface area contributed by atoms with Crippen LogP contribution in [-0.4, -0.2) is 13.0 Å². The van der Waals surface area contributed by atoms with Crippen LogP contribution in [0.5, 0.6) is 0 Å². The maximum atomic E-state index is 6.55. The molecule has 0 saturated heterocycles. The van der Waals surface area contributed by atoms with Crippen molar-refractivity contribution in [3.63, 3.8) is 0 Å². The second-order valence-electron chi connectivity index (χ2n) is 6.03. The van der Waals surface area contributed by atoms with E-state index < -0.39 is 0 Å². The van der Waals surface area contributed by atoms with Gasteiger partial charge in [-0.2, -0.15) is 0 Å². The Hall–Kier alpha value is -2.36. The maximum Gasteiger partial charge on any atom is 0.362 e. The minimum atomic E-state index is -0.170. The molecule has 0 aliphatic rings. The summed E-state index contributed by atoms with van der Waals surface area (Å²) in [5.41, 5.74) is 9.61. The molecule has 2 atom stereocenters. The highest BCUT2D eigenvalue weighted by Crippen LogP contribution is 2.21. The zero-order chi connectivity index (χ0) is 16.8. The van der Waals surface area contributed by atoms with Gasteiger partial charge in [0.05, 0.1) is 6.10 Å². The summed E-state index contributed by atoms with van der Waals surface area (Å²) in [6.07, 6.45) is -0.170. The standard InChI is InChI=1S/C21H22BNO/c1-17(23)21(18-11-5-2-6-12-18)24-22(19-13-7-3-8-14-19)20-15-9-4-10-16-20/h2-17,21H,23H2,1H3. The summed E-state index contributed by atoms with van der Waals surface area (Å²) in [6, 6.07) is 30.7. The van der Waals surface area contributed by atoms with Crippen LogP contribution < -0.4 is 16.7 Å². The molecule has 0 saturated carbocycles. The molecule has 0 aromatic heterocycles. The van der Waals surface area contributed by atoms with Crippen molar-refractivity contribution in [2.45, 2.75) is 19.1 Å². The Labute approximate surface area is 144 Å². The maximum absolute atomic E-state index is 6.55. The van der Waals surface area contributed by atoms with Gasteiger partial charge in [0.1, 0.15) is 0 Å². The molecule has 0 radical (unpaired) electrons. The van der Waals surface area contributed by atoms with Crippen LogP contribution in [0.1, 0.15) is 18.6 Å². The highest BCUT2D eigenvalue weighted by molar-refractivity contribution is 6.80. The molecular formula is C21H22BNO. The minimum Gasteiger partial charge on any atom is -0.418 e. The van der Waals surface area contributed by atoms with Gasteiger partial charge in [0, 0.05) is 6.04 Å². The SMILES string of the molecule is CC(N)C(OB(c1ccccc1)c1ccccc1)c1ccccc1. The van der Waals surface area contributed by atoms with E-state index in [1.54, 1.807) is 0 Å². The van der Waals surface area contributed by atoms with Crippen LogP contribution in [0.4, 0.5) is 0 Å². The average molecular weight is 315 g/mol. The number of rotatable bonds is 6. The Morgan fingerprint density at radius 1 is 0.708 bits per heavy atom. The normalized spacial score (nSPS) is 13.2. The summed E-state index contributed by atoms with van der Waals surface area (Å²) in [5, 5.41) is 0. The van der Waals surface area contributed by atoms with Crippen molar-refractivity contribution in [2.24, 2.45) is 5.73 Å². The first-order valence-electron chi connectivity index (χ1n) is 8.31. The topological polar surface area (TPSA) is 35.2 Å². The Bertz CT molecular complexity index is 692. The lowest BCUT2D eigenvalue weighted by Crippen LogP contribution is -2.47. The van der Waals surface area contributed by atoms with Gasteiger partial charge in [0.15, 0.2) is 0 Å². The average Bonchev–Trinajstić information content (AvgIpc) is 2.64. The van der Waals surface area contributed by atoms with E-state index in [2.05, 4.69) is 36.4 Å². The van der Waals surface area contributed by atoms with Crippen molar-refractivity contribution >= 4 is 17.8 Å². The molecule has 3 heteroatoms. The molecule has 0 aliphatic heterocycles. The Kier molecular flexibility index (Phi) is 5.47. The van der Waals surface area contributed by atoms with Gasteiger partial charge in [-0.05, 0) is 23.4 Å². The number of hydrogen-bond acceptors (Lipinski definition) is 2. The fourth-order valence-corrected chi connectivity index (χ4v) is 2.90. The first-order chi connectivity index (χ1) is 11.8. The molecule has 24 heavy (non-hydrogen) atoms. The molecule has 0 fully saturated rings. The molecule has 2 unspecified atom stereocenters. The zero-order valence-corrected chi connectivity index (χ0v) is 13.9. The molecule has 0 spiro atoms. The molecule has 2 N–H and O–H groups in total. The van der Waals surface area contributed by atoms with E-state index in [1.165, 1.54) is 0 Å². The van der Waals surface area contributed by atoms with Crippen molar-refractivity contribution in [3.8, 4) is 0 Å². The lowest BCUT2D eigenvalue weighted by Gasteiger charge is -2.27. The summed E-state index contributed by atoms with van der Waals surface area (Å²) in [4.78, 5) is 0. The van der Waals surface area contributed by atoms with Crippen molar-refractivity contribution < 1.29 is 4.65 Å². The van der Waals surface area contributed by atoms with E-state index >= 15 is 0 Å². The molecular weight excluding hydrogens is 293 g/mol. The monoisotopic (exact) mass is 315 g/mol. The summed E-state index contributed by atoms with van der Waals surface area (Å²) in [5.74, 6) is 0. The van der Waals surface area contributed by atoms with Crippen LogP contribution in [0.15, 0.2) is 91.0 Å². The molecule has 0 bridgehead atoms. The predicted molar refractivity (Wildman–Crippen MR) is 102 cm³/mol. The van der Waals surface area contributed by atoms with E-state index in [0.717, 1.165) is 16.5 Å². The van der Waals surface area contributed by atoms with Gasteiger partial charge in [0.25, 0.3) is 0 Å². The molecule has 0 heterocycles.